The molecule has 1 amide bonds. The summed E-state index contributed by atoms with van der Waals surface area (Å²) in [5.74, 6) is -0.441. The number of aryl methyl sites for hydroxylation is 2. The van der Waals surface area contributed by atoms with Crippen LogP contribution in [-0.2, 0) is 0 Å². The fourth-order valence-corrected chi connectivity index (χ4v) is 2.13. The Morgan fingerprint density at radius 1 is 1.33 bits per heavy atom. The van der Waals surface area contributed by atoms with Gasteiger partial charge in [0.05, 0.1) is 21.2 Å². The van der Waals surface area contributed by atoms with E-state index in [1.807, 2.05) is 0 Å². The Morgan fingerprint density at radius 2 is 2.05 bits per heavy atom. The Bertz CT molecular complexity index is 731. The van der Waals surface area contributed by atoms with Crippen molar-refractivity contribution in [1.82, 2.24) is 4.98 Å². The first-order valence-electron chi connectivity index (χ1n) is 6.06. The van der Waals surface area contributed by atoms with Crippen LogP contribution in [0.4, 0.5) is 11.4 Å². The predicted molar refractivity (Wildman–Crippen MR) is 79.8 cm³/mol. The topological polar surface area (TPSA) is 85.1 Å². The third-order valence-electron chi connectivity index (χ3n) is 3.00. The van der Waals surface area contributed by atoms with Gasteiger partial charge in [0.25, 0.3) is 11.6 Å². The van der Waals surface area contributed by atoms with E-state index in [4.69, 9.17) is 11.6 Å². The van der Waals surface area contributed by atoms with Crippen molar-refractivity contribution in [2.45, 2.75) is 13.8 Å². The lowest BCUT2D eigenvalue weighted by Gasteiger charge is -2.10. The second kappa shape index (κ2) is 5.88. The number of nitrogens with one attached hydrogen (secondary N) is 1. The highest BCUT2D eigenvalue weighted by Crippen LogP contribution is 2.27. The Kier molecular flexibility index (Phi) is 4.18. The van der Waals surface area contributed by atoms with Gasteiger partial charge in [0, 0.05) is 24.0 Å². The number of hydrogen-bond donors (Lipinski definition) is 1. The first-order valence-corrected chi connectivity index (χ1v) is 6.44. The predicted octanol–water partition coefficient (Wildman–Crippen LogP) is 3.51. The van der Waals surface area contributed by atoms with Gasteiger partial charge in [-0.05, 0) is 31.5 Å². The van der Waals surface area contributed by atoms with Crippen LogP contribution in [0.25, 0.3) is 0 Å². The average Bonchev–Trinajstić information content (AvgIpc) is 2.41. The van der Waals surface area contributed by atoms with Crippen LogP contribution in [-0.4, -0.2) is 15.8 Å². The zero-order valence-electron chi connectivity index (χ0n) is 11.4. The number of nitro benzene ring substituents is 1. The van der Waals surface area contributed by atoms with Crippen LogP contribution in [0.1, 0.15) is 21.5 Å². The molecule has 1 N–H and O–H groups in total. The van der Waals surface area contributed by atoms with Crippen LogP contribution >= 0.6 is 11.6 Å². The van der Waals surface area contributed by atoms with Gasteiger partial charge >= 0.3 is 0 Å². The highest BCUT2D eigenvalue weighted by atomic mass is 35.5. The van der Waals surface area contributed by atoms with Crippen molar-refractivity contribution < 1.29 is 9.72 Å². The van der Waals surface area contributed by atoms with Crippen LogP contribution < -0.4 is 5.32 Å². The van der Waals surface area contributed by atoms with Gasteiger partial charge in [-0.1, -0.05) is 11.6 Å². The number of hydrogen-bond acceptors (Lipinski definition) is 4. The smallest absolute Gasteiger partial charge is 0.274 e. The molecule has 21 heavy (non-hydrogen) atoms. The summed E-state index contributed by atoms with van der Waals surface area (Å²) in [6.07, 6.45) is 2.81. The lowest BCUT2D eigenvalue weighted by Crippen LogP contribution is -2.14. The Hall–Kier alpha value is -2.47. The Morgan fingerprint density at radius 3 is 2.67 bits per heavy atom. The van der Waals surface area contributed by atoms with Crippen molar-refractivity contribution in [2.24, 2.45) is 0 Å². The summed E-state index contributed by atoms with van der Waals surface area (Å²) in [6.45, 7) is 3.41. The number of anilines is 1. The molecule has 0 unspecified atom stereocenters. The largest absolute Gasteiger partial charge is 0.321 e. The van der Waals surface area contributed by atoms with Gasteiger partial charge in [-0.15, -0.1) is 0 Å². The molecule has 0 bridgehead atoms. The van der Waals surface area contributed by atoms with Crippen LogP contribution in [0.2, 0.25) is 5.02 Å². The van der Waals surface area contributed by atoms with Gasteiger partial charge < -0.3 is 5.32 Å². The molecule has 108 valence electrons. The molecule has 6 nitrogen and oxygen atoms in total. The molecule has 0 spiro atoms. The van der Waals surface area contributed by atoms with Crippen molar-refractivity contribution in [3.63, 3.8) is 0 Å². The summed E-state index contributed by atoms with van der Waals surface area (Å²) in [6, 6.07) is 4.48. The van der Waals surface area contributed by atoms with Gasteiger partial charge in [-0.2, -0.15) is 0 Å². The maximum Gasteiger partial charge on any atom is 0.274 e. The zero-order valence-corrected chi connectivity index (χ0v) is 12.1. The second-order valence-electron chi connectivity index (χ2n) is 4.52. The van der Waals surface area contributed by atoms with Crippen molar-refractivity contribution in [2.75, 3.05) is 5.32 Å². The SMILES string of the molecule is Cc1cc(C)c([N+](=O)[O-])cc1NC(=O)c1ccncc1Cl. The average molecular weight is 306 g/mol. The number of halogens is 1. The summed E-state index contributed by atoms with van der Waals surface area (Å²) in [7, 11) is 0. The van der Waals surface area contributed by atoms with E-state index < -0.39 is 10.8 Å². The maximum atomic E-state index is 12.2. The molecule has 0 aliphatic rings. The summed E-state index contributed by atoms with van der Waals surface area (Å²) in [4.78, 5) is 26.4. The fraction of sp³-hybridized carbons (Fsp3) is 0.143. The van der Waals surface area contributed by atoms with Crippen molar-refractivity contribution >= 4 is 28.9 Å². The van der Waals surface area contributed by atoms with E-state index in [1.54, 1.807) is 19.9 Å². The van der Waals surface area contributed by atoms with E-state index in [2.05, 4.69) is 10.3 Å². The van der Waals surface area contributed by atoms with Crippen LogP contribution in [0.3, 0.4) is 0 Å². The van der Waals surface area contributed by atoms with Crippen molar-refractivity contribution in [3.8, 4) is 0 Å². The molecule has 1 aromatic heterocycles. The normalized spacial score (nSPS) is 10.2. The van der Waals surface area contributed by atoms with E-state index in [9.17, 15) is 14.9 Å². The number of benzene rings is 1. The molecule has 7 heteroatoms. The third kappa shape index (κ3) is 3.17. The van der Waals surface area contributed by atoms with Crippen LogP contribution in [0.5, 0.6) is 0 Å². The second-order valence-corrected chi connectivity index (χ2v) is 4.93. The number of nitro groups is 1. The van der Waals surface area contributed by atoms with E-state index in [-0.39, 0.29) is 16.3 Å². The number of rotatable bonds is 3. The molecule has 0 atom stereocenters. The monoisotopic (exact) mass is 305 g/mol. The molecule has 0 fully saturated rings. The van der Waals surface area contributed by atoms with E-state index in [0.29, 0.717) is 11.3 Å². The highest BCUT2D eigenvalue weighted by molar-refractivity contribution is 6.34. The Balaban J connectivity index is 2.36. The molecule has 2 aromatic rings. The molecule has 2 rings (SSSR count). The lowest BCUT2D eigenvalue weighted by molar-refractivity contribution is -0.385. The minimum Gasteiger partial charge on any atom is -0.321 e. The molecular weight excluding hydrogens is 294 g/mol. The molecule has 0 radical (unpaired) electrons. The number of nitrogens with zero attached hydrogens (tertiary/aromatic N) is 2. The standard InChI is InChI=1S/C14H12ClN3O3/c1-8-5-9(2)13(18(20)21)6-12(8)17-14(19)10-3-4-16-7-11(10)15/h3-7H,1-2H3,(H,17,19). The molecule has 1 heterocycles. The van der Waals surface area contributed by atoms with Gasteiger partial charge in [0.15, 0.2) is 0 Å². The maximum absolute atomic E-state index is 12.2. The zero-order chi connectivity index (χ0) is 15.6. The van der Waals surface area contributed by atoms with Gasteiger partial charge in [0.1, 0.15) is 0 Å². The fourth-order valence-electron chi connectivity index (χ4n) is 1.92. The molecule has 0 saturated carbocycles. The number of amides is 1. The van der Waals surface area contributed by atoms with E-state index >= 15 is 0 Å². The first kappa shape index (κ1) is 14.9. The minimum atomic E-state index is -0.482. The van der Waals surface area contributed by atoms with Crippen LogP contribution in [0, 0.1) is 24.0 Å². The summed E-state index contributed by atoms with van der Waals surface area (Å²) in [5.41, 5.74) is 1.87. The minimum absolute atomic E-state index is 0.0447. The van der Waals surface area contributed by atoms with Crippen LogP contribution in [0.15, 0.2) is 30.6 Å². The Labute approximate surface area is 125 Å². The molecule has 0 saturated heterocycles. The number of pyridine rings is 1. The third-order valence-corrected chi connectivity index (χ3v) is 3.31. The van der Waals surface area contributed by atoms with E-state index in [0.717, 1.165) is 5.56 Å². The number of aromatic nitrogens is 1. The highest BCUT2D eigenvalue weighted by Gasteiger charge is 2.16. The van der Waals surface area contributed by atoms with Gasteiger partial charge in [-0.3, -0.25) is 19.9 Å². The molecule has 1 aromatic carbocycles. The molecular formula is C14H12ClN3O3. The van der Waals surface area contributed by atoms with Gasteiger partial charge in [0.2, 0.25) is 0 Å². The lowest BCUT2D eigenvalue weighted by atomic mass is 10.1. The van der Waals surface area contributed by atoms with Crippen molar-refractivity contribution in [1.29, 1.82) is 0 Å². The molecule has 0 aliphatic carbocycles. The van der Waals surface area contributed by atoms with Crippen molar-refractivity contribution in [3.05, 3.63) is 62.4 Å². The summed E-state index contributed by atoms with van der Waals surface area (Å²) < 4.78 is 0. The number of carbonyl (C=O) groups excluding carboxylic acids is 1. The summed E-state index contributed by atoms with van der Waals surface area (Å²) >= 11 is 5.90. The van der Waals surface area contributed by atoms with Gasteiger partial charge in [-0.25, -0.2) is 0 Å². The molecule has 0 aliphatic heterocycles. The van der Waals surface area contributed by atoms with E-state index in [1.165, 1.54) is 24.5 Å². The number of carbonyl (C=O) groups is 1. The summed E-state index contributed by atoms with van der Waals surface area (Å²) in [5, 5.41) is 13.8. The first-order chi connectivity index (χ1) is 9.90. The quantitative estimate of drug-likeness (QED) is 0.694.